The summed E-state index contributed by atoms with van der Waals surface area (Å²) >= 11 is 0. The zero-order chi connectivity index (χ0) is 44.9. The fourth-order valence-electron chi connectivity index (χ4n) is 5.89. The zero-order valence-corrected chi connectivity index (χ0v) is 33.5. The molecule has 0 unspecified atom stereocenters. The second-order valence-electron chi connectivity index (χ2n) is 13.9. The number of aromatic amines is 1. The first-order chi connectivity index (χ1) is 29.1. The molecule has 3 aromatic rings. The van der Waals surface area contributed by atoms with Gasteiger partial charge in [0.05, 0.1) is 25.6 Å². The van der Waals surface area contributed by atoms with Gasteiger partial charge in [-0.2, -0.15) is 0 Å². The van der Waals surface area contributed by atoms with Crippen molar-refractivity contribution in [3.8, 4) is 0 Å². The molecule has 61 heavy (non-hydrogen) atoms. The molecule has 3 rings (SSSR count). The maximum Gasteiger partial charge on any atom is 0.326 e. The van der Waals surface area contributed by atoms with Crippen molar-refractivity contribution in [3.05, 3.63) is 90.0 Å². The van der Waals surface area contributed by atoms with E-state index in [-0.39, 0.29) is 44.6 Å². The highest BCUT2D eigenvalue weighted by atomic mass is 16.4. The summed E-state index contributed by atoms with van der Waals surface area (Å²) in [4.78, 5) is 103. The number of H-pyrrole nitrogens is 1. The average Bonchev–Trinajstić information content (AvgIpc) is 3.75. The largest absolute Gasteiger partial charge is 0.480 e. The van der Waals surface area contributed by atoms with E-state index >= 15 is 0 Å². The van der Waals surface area contributed by atoms with Crippen molar-refractivity contribution < 1.29 is 48.9 Å². The predicted molar refractivity (Wildman–Crippen MR) is 220 cm³/mol. The average molecular weight is 851 g/mol. The first kappa shape index (κ1) is 48.5. The summed E-state index contributed by atoms with van der Waals surface area (Å²) in [5, 5.41) is 45.4. The molecule has 0 aliphatic carbocycles. The van der Waals surface area contributed by atoms with Crippen molar-refractivity contribution in [1.29, 1.82) is 0 Å². The van der Waals surface area contributed by atoms with Gasteiger partial charge >= 0.3 is 5.97 Å². The Morgan fingerprint density at radius 1 is 0.705 bits per heavy atom. The molecule has 0 radical (unpaired) electrons. The number of aliphatic hydroxyl groups excluding tert-OH is 2. The highest BCUT2D eigenvalue weighted by Crippen LogP contribution is 2.09. The third-order valence-corrected chi connectivity index (χ3v) is 9.09. The van der Waals surface area contributed by atoms with E-state index in [9.17, 15) is 48.9 Å². The number of rotatable bonds is 25. The number of aliphatic hydroxyl groups is 2. The van der Waals surface area contributed by atoms with Crippen molar-refractivity contribution in [1.82, 2.24) is 41.9 Å². The predicted octanol–water partition coefficient (Wildman–Crippen LogP) is -4.18. The molecule has 330 valence electrons. The molecule has 22 heteroatoms. The number of carboxylic acid groups (broad SMARTS) is 1. The van der Waals surface area contributed by atoms with Crippen LogP contribution >= 0.6 is 0 Å². The van der Waals surface area contributed by atoms with Crippen LogP contribution in [0.5, 0.6) is 0 Å². The number of aromatic nitrogens is 2. The smallest absolute Gasteiger partial charge is 0.326 e. The third-order valence-electron chi connectivity index (χ3n) is 9.09. The Kier molecular flexibility index (Phi) is 19.8. The quantitative estimate of drug-likeness (QED) is 0.0219. The molecule has 0 bridgehead atoms. The van der Waals surface area contributed by atoms with Crippen LogP contribution in [0, 0.1) is 0 Å². The summed E-state index contributed by atoms with van der Waals surface area (Å²) in [5.74, 6) is -7.00. The van der Waals surface area contributed by atoms with Crippen molar-refractivity contribution in [3.63, 3.8) is 0 Å². The number of benzene rings is 2. The summed E-state index contributed by atoms with van der Waals surface area (Å²) in [6.07, 6.45) is 0.928. The number of amides is 6. The van der Waals surface area contributed by atoms with Crippen molar-refractivity contribution in [2.24, 2.45) is 22.2 Å². The second kappa shape index (κ2) is 24.9. The Bertz CT molecular complexity index is 1930. The molecule has 2 aromatic carbocycles. The number of carboxylic acids is 1. The highest BCUT2D eigenvalue weighted by molar-refractivity contribution is 5.97. The minimum absolute atomic E-state index is 0.0142. The monoisotopic (exact) mass is 850 g/mol. The van der Waals surface area contributed by atoms with Crippen molar-refractivity contribution >= 4 is 47.4 Å². The Balaban J connectivity index is 1.82. The first-order valence-electron chi connectivity index (χ1n) is 19.2. The van der Waals surface area contributed by atoms with Crippen LogP contribution in [0.4, 0.5) is 0 Å². The number of hydrogen-bond donors (Lipinski definition) is 13. The van der Waals surface area contributed by atoms with Gasteiger partial charge in [0, 0.05) is 37.7 Å². The Labute approximate surface area is 350 Å². The van der Waals surface area contributed by atoms with Crippen molar-refractivity contribution in [2.45, 2.75) is 81.4 Å². The van der Waals surface area contributed by atoms with Gasteiger partial charge < -0.3 is 69.4 Å². The molecule has 16 N–H and O–H groups in total. The molecule has 0 aliphatic rings. The van der Waals surface area contributed by atoms with E-state index in [1.165, 1.54) is 19.4 Å². The van der Waals surface area contributed by atoms with Crippen LogP contribution in [0.2, 0.25) is 0 Å². The summed E-state index contributed by atoms with van der Waals surface area (Å²) < 4.78 is 0. The number of hydrogen-bond acceptors (Lipinski definition) is 12. The molecular formula is C39H54N12O10. The number of carbonyl (C=O) groups excluding carboxylic acids is 6. The summed E-state index contributed by atoms with van der Waals surface area (Å²) in [5.41, 5.74) is 17.9. The highest BCUT2D eigenvalue weighted by Gasteiger charge is 2.35. The van der Waals surface area contributed by atoms with Gasteiger partial charge in [-0.25, -0.2) is 9.78 Å². The van der Waals surface area contributed by atoms with Crippen LogP contribution in [0.15, 0.2) is 78.2 Å². The summed E-state index contributed by atoms with van der Waals surface area (Å²) in [6, 6.07) is 8.23. The lowest BCUT2D eigenvalue weighted by atomic mass is 10.0. The molecule has 1 aromatic heterocycles. The van der Waals surface area contributed by atoms with E-state index in [0.717, 1.165) is 0 Å². The number of aliphatic imine (C=N–C) groups is 1. The normalized spacial score (nSPS) is 14.3. The Morgan fingerprint density at radius 2 is 1.21 bits per heavy atom. The van der Waals surface area contributed by atoms with E-state index in [2.05, 4.69) is 46.9 Å². The maximum atomic E-state index is 13.9. The van der Waals surface area contributed by atoms with Crippen LogP contribution in [0.3, 0.4) is 0 Å². The summed E-state index contributed by atoms with van der Waals surface area (Å²) in [6.45, 7) is -0.128. The summed E-state index contributed by atoms with van der Waals surface area (Å²) in [7, 11) is 0. The molecule has 7 atom stereocenters. The Hall–Kier alpha value is -6.91. The lowest BCUT2D eigenvalue weighted by Gasteiger charge is -2.28. The SMILES string of the molecule is C[C@@H](O)[C@H](NC(=O)[C@H](Cc1ccccc1)NC(=O)CN)C(=O)N[C@@H](Cc1ccccc1)C(=O)N[C@@H](CO)C(=O)N[C@@H](CCCN=C(N)N)C(=O)N[C@@H](Cc1cnc[nH]1)C(=O)O. The van der Waals surface area contributed by atoms with Gasteiger partial charge in [0.2, 0.25) is 35.4 Å². The van der Waals surface area contributed by atoms with Crippen molar-refractivity contribution in [2.75, 3.05) is 19.7 Å². The number of nitrogens with one attached hydrogen (secondary N) is 7. The van der Waals surface area contributed by atoms with Gasteiger partial charge in [0.1, 0.15) is 36.3 Å². The van der Waals surface area contributed by atoms with E-state index in [0.29, 0.717) is 16.8 Å². The molecular weight excluding hydrogens is 797 g/mol. The van der Waals surface area contributed by atoms with Gasteiger partial charge in [0.25, 0.3) is 0 Å². The molecule has 0 fully saturated rings. The minimum Gasteiger partial charge on any atom is -0.480 e. The lowest BCUT2D eigenvalue weighted by Crippen LogP contribution is -2.62. The van der Waals surface area contributed by atoms with Crippen LogP contribution in [0.1, 0.15) is 36.6 Å². The molecule has 6 amide bonds. The van der Waals surface area contributed by atoms with Gasteiger partial charge in [-0.05, 0) is 30.9 Å². The topological polar surface area (TPSA) is 371 Å². The lowest BCUT2D eigenvalue weighted by molar-refractivity contribution is -0.142. The molecule has 0 aliphatic heterocycles. The maximum absolute atomic E-state index is 13.9. The van der Waals surface area contributed by atoms with Crippen LogP contribution in [-0.2, 0) is 52.8 Å². The van der Waals surface area contributed by atoms with Crippen LogP contribution in [0.25, 0.3) is 0 Å². The molecule has 1 heterocycles. The number of nitrogens with two attached hydrogens (primary N) is 3. The van der Waals surface area contributed by atoms with Gasteiger partial charge in [0.15, 0.2) is 5.96 Å². The third kappa shape index (κ3) is 16.7. The van der Waals surface area contributed by atoms with E-state index in [4.69, 9.17) is 17.2 Å². The molecule has 0 saturated carbocycles. The van der Waals surface area contributed by atoms with E-state index in [1.807, 2.05) is 0 Å². The molecule has 0 spiro atoms. The molecule has 22 nitrogen and oxygen atoms in total. The van der Waals surface area contributed by atoms with E-state index < -0.39 is 96.9 Å². The van der Waals surface area contributed by atoms with Crippen LogP contribution in [-0.4, -0.2) is 135 Å². The van der Waals surface area contributed by atoms with Crippen LogP contribution < -0.4 is 49.1 Å². The zero-order valence-electron chi connectivity index (χ0n) is 33.5. The minimum atomic E-state index is -1.70. The Morgan fingerprint density at radius 3 is 1.72 bits per heavy atom. The fourth-order valence-corrected chi connectivity index (χ4v) is 5.89. The number of aliphatic carboxylic acids is 1. The van der Waals surface area contributed by atoms with Gasteiger partial charge in [-0.3, -0.25) is 33.8 Å². The van der Waals surface area contributed by atoms with E-state index in [1.54, 1.807) is 60.7 Å². The number of nitrogens with zero attached hydrogens (tertiary/aromatic N) is 2. The van der Waals surface area contributed by atoms with Gasteiger partial charge in [-0.1, -0.05) is 60.7 Å². The number of imidazole rings is 1. The number of carbonyl (C=O) groups is 7. The fraction of sp³-hybridized carbons (Fsp3) is 0.410. The van der Waals surface area contributed by atoms with Gasteiger partial charge in [-0.15, -0.1) is 0 Å². The molecule has 0 saturated heterocycles. The second-order valence-corrected chi connectivity index (χ2v) is 13.9. The standard InChI is InChI=1S/C39H54N12O10/c1-22(53)32(51-35(57)27(46-31(54)18-40)15-23-9-4-2-5-10-23)37(59)48-28(16-24-11-6-3-7-12-24)34(56)50-30(20-52)36(58)47-26(13-8-14-44-39(41)42)33(55)49-29(38(60)61)17-25-19-43-21-45-25/h2-7,9-12,19,21-22,26-30,32,52-53H,8,13-18,20,40H2,1H3,(H,43,45)(H,46,54)(H,47,58)(H,48,59)(H,49,55)(H,50,56)(H,51,57)(H,60,61)(H4,41,42,44)/t22-,26+,27+,28+,29+,30+,32+/m1/s1. The first-order valence-corrected chi connectivity index (χ1v) is 19.2. The number of guanidine groups is 1.